The van der Waals surface area contributed by atoms with Crippen molar-refractivity contribution < 1.29 is 12.8 Å². The summed E-state index contributed by atoms with van der Waals surface area (Å²) in [6.07, 6.45) is 3.71. The van der Waals surface area contributed by atoms with Crippen LogP contribution in [0.5, 0.6) is 0 Å². The van der Waals surface area contributed by atoms with E-state index < -0.39 is 18.2 Å². The van der Waals surface area contributed by atoms with Crippen molar-refractivity contribution in [1.82, 2.24) is 0 Å². The molecule has 4 nitrogen and oxygen atoms in total. The average molecular weight is 350 g/mol. The lowest BCUT2D eigenvalue weighted by molar-refractivity contribution is 0.335. The molecule has 0 aromatic heterocycles. The van der Waals surface area contributed by atoms with Crippen molar-refractivity contribution in [1.29, 1.82) is 0 Å². The molecule has 1 aliphatic carbocycles. The van der Waals surface area contributed by atoms with Gasteiger partial charge >= 0.3 is 0 Å². The largest absolute Gasteiger partial charge is 0.547 e. The summed E-state index contributed by atoms with van der Waals surface area (Å²) in [5.74, 6) is 0.596. The number of fused-ring (bicyclic) bond motifs is 1. The van der Waals surface area contributed by atoms with Gasteiger partial charge in [0.1, 0.15) is 5.04 Å². The lowest BCUT2D eigenvalue weighted by Gasteiger charge is -2.36. The first kappa shape index (κ1) is 16.5. The molecule has 0 fully saturated rings. The third kappa shape index (κ3) is 3.28. The number of benzene rings is 1. The molecule has 0 saturated carbocycles. The highest BCUT2D eigenvalue weighted by molar-refractivity contribution is 8.06. The van der Waals surface area contributed by atoms with Crippen molar-refractivity contribution in [3.05, 3.63) is 41.7 Å². The van der Waals surface area contributed by atoms with E-state index in [-0.39, 0.29) is 17.0 Å². The van der Waals surface area contributed by atoms with Crippen LogP contribution in [-0.2, 0) is 14.3 Å². The number of sulfone groups is 1. The van der Waals surface area contributed by atoms with Gasteiger partial charge in [-0.3, -0.25) is 4.99 Å². The second-order valence-electron chi connectivity index (χ2n) is 7.26. The van der Waals surface area contributed by atoms with Gasteiger partial charge in [0.05, 0.1) is 22.6 Å². The van der Waals surface area contributed by atoms with Crippen LogP contribution >= 0.6 is 0 Å². The van der Waals surface area contributed by atoms with Crippen LogP contribution in [0.1, 0.15) is 18.4 Å². The minimum Gasteiger partial charge on any atom is -0.547 e. The SMILES string of the molecule is Cc1ccc(S(=O)(=O)C2=N[C@@H]3C=C(O[Si](C)(C)C)[C@H]2CC3)cc1. The Morgan fingerprint density at radius 3 is 2.35 bits per heavy atom. The van der Waals surface area contributed by atoms with Crippen molar-refractivity contribution in [2.45, 2.75) is 50.3 Å². The molecule has 0 amide bonds. The van der Waals surface area contributed by atoms with Crippen LogP contribution < -0.4 is 0 Å². The zero-order valence-corrected chi connectivity index (χ0v) is 15.9. The Labute approximate surface area is 139 Å². The number of aryl methyl sites for hydroxylation is 1. The predicted octanol–water partition coefficient (Wildman–Crippen LogP) is 3.69. The molecule has 0 spiro atoms. The number of hydrogen-bond acceptors (Lipinski definition) is 4. The van der Waals surface area contributed by atoms with Crippen LogP contribution in [0.25, 0.3) is 0 Å². The highest BCUT2D eigenvalue weighted by Gasteiger charge is 2.41. The standard InChI is InChI=1S/C17H23NO3SSi/c1-12-5-8-14(9-6-12)22(19,20)17-15-10-7-13(18-17)11-16(15)21-23(2,3)4/h5-6,8-9,11,13,15H,7,10H2,1-4H3/t13-,15+/m0/s1. The van der Waals surface area contributed by atoms with Gasteiger partial charge in [0.15, 0.2) is 0 Å². The average Bonchev–Trinajstić information content (AvgIpc) is 2.46. The molecule has 3 aliphatic rings. The molecule has 0 unspecified atom stereocenters. The quantitative estimate of drug-likeness (QED) is 0.782. The molecule has 4 rings (SSSR count). The fourth-order valence-electron chi connectivity index (χ4n) is 3.02. The summed E-state index contributed by atoms with van der Waals surface area (Å²) >= 11 is 0. The highest BCUT2D eigenvalue weighted by atomic mass is 32.2. The van der Waals surface area contributed by atoms with Crippen molar-refractivity contribution in [3.8, 4) is 0 Å². The Bertz CT molecular complexity index is 773. The fraction of sp³-hybridized carbons (Fsp3) is 0.471. The van der Waals surface area contributed by atoms with Crippen molar-refractivity contribution in [2.24, 2.45) is 10.9 Å². The van der Waals surface area contributed by atoms with Gasteiger partial charge in [0.2, 0.25) is 18.2 Å². The lowest BCUT2D eigenvalue weighted by Crippen LogP contribution is -2.39. The van der Waals surface area contributed by atoms with Gasteiger partial charge in [0, 0.05) is 0 Å². The van der Waals surface area contributed by atoms with Gasteiger partial charge in [-0.1, -0.05) is 17.7 Å². The molecule has 2 atom stereocenters. The van der Waals surface area contributed by atoms with Crippen molar-refractivity contribution >= 4 is 23.2 Å². The molecular formula is C17H23NO3SSi. The maximum atomic E-state index is 13.0. The summed E-state index contributed by atoms with van der Waals surface area (Å²) in [6.45, 7) is 8.28. The number of dihydropyridines is 1. The van der Waals surface area contributed by atoms with Gasteiger partial charge in [-0.2, -0.15) is 0 Å². The third-order valence-corrected chi connectivity index (χ3v) is 6.75. The highest BCUT2D eigenvalue weighted by Crippen LogP contribution is 2.38. The first-order valence-electron chi connectivity index (χ1n) is 7.97. The van der Waals surface area contributed by atoms with E-state index in [2.05, 4.69) is 24.6 Å². The molecular weight excluding hydrogens is 326 g/mol. The first-order chi connectivity index (χ1) is 10.7. The molecule has 0 radical (unpaired) electrons. The van der Waals surface area contributed by atoms with Gasteiger partial charge in [-0.15, -0.1) is 0 Å². The van der Waals surface area contributed by atoms with Crippen molar-refractivity contribution in [3.63, 3.8) is 0 Å². The zero-order valence-electron chi connectivity index (χ0n) is 14.0. The van der Waals surface area contributed by atoms with E-state index in [1.165, 1.54) is 0 Å². The second kappa shape index (κ2) is 5.60. The van der Waals surface area contributed by atoms with Crippen LogP contribution in [0.3, 0.4) is 0 Å². The third-order valence-electron chi connectivity index (χ3n) is 4.07. The van der Waals surface area contributed by atoms with E-state index in [0.29, 0.717) is 4.90 Å². The Morgan fingerprint density at radius 1 is 1.13 bits per heavy atom. The molecule has 1 aromatic carbocycles. The fourth-order valence-corrected chi connectivity index (χ4v) is 5.56. The van der Waals surface area contributed by atoms with Crippen LogP contribution in [0, 0.1) is 12.8 Å². The molecule has 23 heavy (non-hydrogen) atoms. The minimum atomic E-state index is -3.55. The summed E-state index contributed by atoms with van der Waals surface area (Å²) in [7, 11) is -5.33. The maximum absolute atomic E-state index is 13.0. The van der Waals surface area contributed by atoms with E-state index in [9.17, 15) is 8.42 Å². The Kier molecular flexibility index (Phi) is 4.00. The molecule has 2 aliphatic heterocycles. The van der Waals surface area contributed by atoms with E-state index in [4.69, 9.17) is 4.43 Å². The molecule has 0 N–H and O–H groups in total. The van der Waals surface area contributed by atoms with E-state index in [1.54, 1.807) is 12.1 Å². The van der Waals surface area contributed by atoms with E-state index >= 15 is 0 Å². The molecule has 0 saturated heterocycles. The zero-order chi connectivity index (χ0) is 16.8. The molecule has 6 heteroatoms. The number of nitrogens with zero attached hydrogens (tertiary/aromatic N) is 1. The Hall–Kier alpha value is -1.40. The summed E-state index contributed by atoms with van der Waals surface area (Å²) in [5.41, 5.74) is 1.04. The molecule has 124 valence electrons. The van der Waals surface area contributed by atoms with Gasteiger partial charge in [-0.05, 0) is 57.6 Å². The van der Waals surface area contributed by atoms with Crippen LogP contribution in [0.15, 0.2) is 46.0 Å². The Balaban J connectivity index is 1.96. The minimum absolute atomic E-state index is 0.0680. The molecule has 2 bridgehead atoms. The second-order valence-corrected chi connectivity index (χ2v) is 13.6. The summed E-state index contributed by atoms with van der Waals surface area (Å²) in [6, 6.07) is 6.91. The van der Waals surface area contributed by atoms with Gasteiger partial charge in [-0.25, -0.2) is 8.42 Å². The van der Waals surface area contributed by atoms with E-state index in [1.807, 2.05) is 25.1 Å². The predicted molar refractivity (Wildman–Crippen MR) is 94.8 cm³/mol. The molecule has 2 heterocycles. The van der Waals surface area contributed by atoms with Crippen LogP contribution in [0.4, 0.5) is 0 Å². The summed E-state index contributed by atoms with van der Waals surface area (Å²) < 4.78 is 32.1. The smallest absolute Gasteiger partial charge is 0.241 e. The number of allylic oxidation sites excluding steroid dienone is 1. The van der Waals surface area contributed by atoms with Crippen LogP contribution in [0.2, 0.25) is 19.6 Å². The lowest BCUT2D eigenvalue weighted by atomic mass is 9.89. The normalized spacial score (nSPS) is 24.2. The Morgan fingerprint density at radius 2 is 1.78 bits per heavy atom. The topological polar surface area (TPSA) is 55.7 Å². The van der Waals surface area contributed by atoms with Crippen molar-refractivity contribution in [2.75, 3.05) is 0 Å². The number of hydrogen-bond donors (Lipinski definition) is 0. The van der Waals surface area contributed by atoms with E-state index in [0.717, 1.165) is 24.2 Å². The summed E-state index contributed by atoms with van der Waals surface area (Å²) in [5, 5.41) is 0.286. The maximum Gasteiger partial charge on any atom is 0.241 e. The summed E-state index contributed by atoms with van der Waals surface area (Å²) in [4.78, 5) is 4.81. The monoisotopic (exact) mass is 349 g/mol. The number of aliphatic imine (C=N–C) groups is 1. The number of rotatable bonds is 3. The van der Waals surface area contributed by atoms with Gasteiger partial charge < -0.3 is 4.43 Å². The first-order valence-corrected chi connectivity index (χ1v) is 12.9. The van der Waals surface area contributed by atoms with Crippen LogP contribution in [-0.4, -0.2) is 27.8 Å². The van der Waals surface area contributed by atoms with Gasteiger partial charge in [0.25, 0.3) is 0 Å². The molecule has 1 aromatic rings.